The highest BCUT2D eigenvalue weighted by molar-refractivity contribution is 5.88. The molecular formula is C27H44N6O5. The van der Waals surface area contributed by atoms with Gasteiger partial charge in [0.25, 0.3) is 0 Å². The third kappa shape index (κ3) is 18.5. The summed E-state index contributed by atoms with van der Waals surface area (Å²) in [4.78, 5) is 62.1. The first-order chi connectivity index (χ1) is 18.3. The van der Waals surface area contributed by atoms with Gasteiger partial charge in [-0.3, -0.25) is 24.0 Å². The maximum absolute atomic E-state index is 12.4. The molecule has 38 heavy (non-hydrogen) atoms. The largest absolute Gasteiger partial charge is 0.356 e. The van der Waals surface area contributed by atoms with Crippen molar-refractivity contribution in [2.75, 3.05) is 58.9 Å². The van der Waals surface area contributed by atoms with E-state index in [1.807, 2.05) is 0 Å². The standard InChI is InChI=1S/C27H44N6O5/c1-5-23(34)28-14-9-18-32(19-10-15-29-24(35)6-2)22-13-26(37)31-17-12-21-33(27(38)8-4)20-11-16-30-25(36)7-3/h5-8H,1-4,9-22H2,(H,28,34)(H,29,35)(H,30,36)(H,31,37). The van der Waals surface area contributed by atoms with Crippen LogP contribution in [-0.2, 0) is 24.0 Å². The molecule has 0 bridgehead atoms. The minimum absolute atomic E-state index is 0.0938. The molecule has 5 amide bonds. The molecule has 0 aliphatic carbocycles. The zero-order valence-electron chi connectivity index (χ0n) is 22.5. The van der Waals surface area contributed by atoms with E-state index in [0.29, 0.717) is 91.0 Å². The molecule has 0 unspecified atom stereocenters. The number of nitrogens with one attached hydrogen (secondary N) is 4. The Kier molecular flexibility index (Phi) is 20.3. The number of rotatable bonds is 23. The zero-order chi connectivity index (χ0) is 28.6. The van der Waals surface area contributed by atoms with E-state index in [1.165, 1.54) is 24.3 Å². The van der Waals surface area contributed by atoms with Crippen molar-refractivity contribution in [1.82, 2.24) is 31.1 Å². The third-order valence-electron chi connectivity index (χ3n) is 5.43. The van der Waals surface area contributed by atoms with E-state index in [0.717, 1.165) is 0 Å². The molecule has 0 spiro atoms. The van der Waals surface area contributed by atoms with Gasteiger partial charge in [-0.15, -0.1) is 0 Å². The van der Waals surface area contributed by atoms with Crippen LogP contribution in [-0.4, -0.2) is 98.2 Å². The van der Waals surface area contributed by atoms with E-state index in [4.69, 9.17) is 0 Å². The fraction of sp³-hybridized carbons (Fsp3) is 0.519. The molecule has 0 aliphatic rings. The van der Waals surface area contributed by atoms with E-state index in [1.54, 1.807) is 4.90 Å². The third-order valence-corrected chi connectivity index (χ3v) is 5.43. The van der Waals surface area contributed by atoms with E-state index in [9.17, 15) is 24.0 Å². The van der Waals surface area contributed by atoms with Gasteiger partial charge < -0.3 is 31.1 Å². The van der Waals surface area contributed by atoms with Crippen LogP contribution in [0.25, 0.3) is 0 Å². The Labute approximate surface area is 226 Å². The molecule has 0 saturated heterocycles. The van der Waals surface area contributed by atoms with Gasteiger partial charge in [-0.05, 0) is 63.1 Å². The van der Waals surface area contributed by atoms with Crippen molar-refractivity contribution in [2.45, 2.75) is 32.1 Å². The summed E-state index contributed by atoms with van der Waals surface area (Å²) in [7, 11) is 0. The van der Waals surface area contributed by atoms with Gasteiger partial charge in [-0.2, -0.15) is 0 Å². The van der Waals surface area contributed by atoms with Crippen molar-refractivity contribution < 1.29 is 24.0 Å². The maximum atomic E-state index is 12.4. The van der Waals surface area contributed by atoms with Gasteiger partial charge in [0, 0.05) is 52.2 Å². The van der Waals surface area contributed by atoms with Crippen LogP contribution >= 0.6 is 0 Å². The second-order valence-corrected chi connectivity index (χ2v) is 8.37. The van der Waals surface area contributed by atoms with Gasteiger partial charge in [-0.25, -0.2) is 0 Å². The fourth-order valence-electron chi connectivity index (χ4n) is 3.37. The van der Waals surface area contributed by atoms with Gasteiger partial charge in [0.15, 0.2) is 0 Å². The first kappa shape index (κ1) is 34.3. The maximum Gasteiger partial charge on any atom is 0.245 e. The smallest absolute Gasteiger partial charge is 0.245 e. The van der Waals surface area contributed by atoms with Crippen LogP contribution in [0.1, 0.15) is 32.1 Å². The molecule has 0 saturated carbocycles. The monoisotopic (exact) mass is 532 g/mol. The second-order valence-electron chi connectivity index (χ2n) is 8.37. The van der Waals surface area contributed by atoms with Crippen LogP contribution in [0.2, 0.25) is 0 Å². The molecule has 0 aliphatic heterocycles. The molecule has 0 rings (SSSR count). The van der Waals surface area contributed by atoms with Crippen LogP contribution in [0.15, 0.2) is 50.6 Å². The van der Waals surface area contributed by atoms with Crippen LogP contribution in [0, 0.1) is 0 Å². The van der Waals surface area contributed by atoms with E-state index < -0.39 is 0 Å². The molecule has 0 aromatic carbocycles. The Morgan fingerprint density at radius 3 is 1.32 bits per heavy atom. The lowest BCUT2D eigenvalue weighted by atomic mass is 10.2. The Hall–Kier alpha value is -3.73. The highest BCUT2D eigenvalue weighted by atomic mass is 16.2. The summed E-state index contributed by atoms with van der Waals surface area (Å²) in [6.07, 6.45) is 7.80. The fourth-order valence-corrected chi connectivity index (χ4v) is 3.37. The highest BCUT2D eigenvalue weighted by Crippen LogP contribution is 1.99. The minimum Gasteiger partial charge on any atom is -0.356 e. The molecule has 0 heterocycles. The van der Waals surface area contributed by atoms with Crippen LogP contribution < -0.4 is 21.3 Å². The van der Waals surface area contributed by atoms with Crippen LogP contribution in [0.5, 0.6) is 0 Å². The SMILES string of the molecule is C=CC(=O)NCCCN(CCCNC(=O)C=C)CCC(=O)NCCCN(CCCNC(=O)C=C)C(=O)C=C. The summed E-state index contributed by atoms with van der Waals surface area (Å²) in [5.41, 5.74) is 0. The summed E-state index contributed by atoms with van der Waals surface area (Å²) in [6, 6.07) is 0. The summed E-state index contributed by atoms with van der Waals surface area (Å²) < 4.78 is 0. The van der Waals surface area contributed by atoms with E-state index >= 15 is 0 Å². The average molecular weight is 533 g/mol. The molecule has 0 atom stereocenters. The number of carbonyl (C=O) groups is 5. The van der Waals surface area contributed by atoms with Gasteiger partial charge in [0.2, 0.25) is 29.5 Å². The van der Waals surface area contributed by atoms with Crippen molar-refractivity contribution in [3.63, 3.8) is 0 Å². The summed E-state index contributed by atoms with van der Waals surface area (Å²) in [5.74, 6) is -1.00. The van der Waals surface area contributed by atoms with Gasteiger partial charge in [0.05, 0.1) is 0 Å². The average Bonchev–Trinajstić information content (AvgIpc) is 2.93. The summed E-state index contributed by atoms with van der Waals surface area (Å²) in [5, 5.41) is 11.0. The predicted molar refractivity (Wildman–Crippen MR) is 149 cm³/mol. The highest BCUT2D eigenvalue weighted by Gasteiger charge is 2.11. The zero-order valence-corrected chi connectivity index (χ0v) is 22.5. The normalized spacial score (nSPS) is 10.1. The number of amides is 5. The van der Waals surface area contributed by atoms with Crippen molar-refractivity contribution in [2.24, 2.45) is 0 Å². The van der Waals surface area contributed by atoms with Crippen molar-refractivity contribution in [3.05, 3.63) is 50.6 Å². The minimum atomic E-state index is -0.258. The summed E-state index contributed by atoms with van der Waals surface area (Å²) >= 11 is 0. The second kappa shape index (κ2) is 22.5. The molecule has 11 heteroatoms. The topological polar surface area (TPSA) is 140 Å². The van der Waals surface area contributed by atoms with Crippen molar-refractivity contribution in [1.29, 1.82) is 0 Å². The van der Waals surface area contributed by atoms with Crippen molar-refractivity contribution >= 4 is 29.5 Å². The number of carbonyl (C=O) groups excluding carboxylic acids is 5. The Morgan fingerprint density at radius 1 is 0.526 bits per heavy atom. The molecule has 11 nitrogen and oxygen atoms in total. The molecular weight excluding hydrogens is 488 g/mol. The lowest BCUT2D eigenvalue weighted by Gasteiger charge is -2.23. The molecule has 0 aromatic rings. The Balaban J connectivity index is 4.45. The number of nitrogens with zero attached hydrogens (tertiary/aromatic N) is 2. The van der Waals surface area contributed by atoms with Crippen LogP contribution in [0.3, 0.4) is 0 Å². The molecule has 0 aromatic heterocycles. The number of hydrogen-bond donors (Lipinski definition) is 4. The van der Waals surface area contributed by atoms with Crippen LogP contribution in [0.4, 0.5) is 0 Å². The van der Waals surface area contributed by atoms with Gasteiger partial charge in [0.1, 0.15) is 0 Å². The predicted octanol–water partition coefficient (Wildman–Crippen LogP) is 0.276. The lowest BCUT2D eigenvalue weighted by molar-refractivity contribution is -0.126. The quantitative estimate of drug-likeness (QED) is 0.110. The first-order valence-corrected chi connectivity index (χ1v) is 12.9. The van der Waals surface area contributed by atoms with E-state index in [2.05, 4.69) is 52.5 Å². The van der Waals surface area contributed by atoms with Crippen molar-refractivity contribution in [3.8, 4) is 0 Å². The van der Waals surface area contributed by atoms with Gasteiger partial charge >= 0.3 is 0 Å². The molecule has 212 valence electrons. The number of hydrogen-bond acceptors (Lipinski definition) is 6. The summed E-state index contributed by atoms with van der Waals surface area (Å²) in [6.45, 7) is 18.5. The van der Waals surface area contributed by atoms with Gasteiger partial charge in [-0.1, -0.05) is 26.3 Å². The molecule has 0 radical (unpaired) electrons. The van der Waals surface area contributed by atoms with E-state index in [-0.39, 0.29) is 29.5 Å². The first-order valence-electron chi connectivity index (χ1n) is 12.9. The molecule has 4 N–H and O–H groups in total. The Morgan fingerprint density at radius 2 is 0.921 bits per heavy atom. The lowest BCUT2D eigenvalue weighted by Crippen LogP contribution is -2.37. The molecule has 0 fully saturated rings. The Bertz CT molecular complexity index is 786.